The van der Waals surface area contributed by atoms with Gasteiger partial charge in [-0.3, -0.25) is 20.4 Å². The molecule has 172 valence electrons. The molecule has 1 aliphatic rings. The minimum absolute atomic E-state index is 0.146. The van der Waals surface area contributed by atoms with E-state index < -0.39 is 21.8 Å². The summed E-state index contributed by atoms with van der Waals surface area (Å²) in [6, 6.07) is 11.5. The molecule has 0 saturated carbocycles. The Labute approximate surface area is 189 Å². The molecule has 2 N–H and O–H groups in total. The standard InChI is InChI=1S/C23H29N3O5S/c1-16(2)20-11-6-17(3)14-21(20)31-15-22(27)24-25-23(28)18-7-9-19(10-8-18)32(29,30)26-12-4-5-13-26/h6-11,14,16H,4-5,12-13,15H2,1-3H3,(H,24,27)(H,25,28). The number of amides is 2. The predicted molar refractivity (Wildman–Crippen MR) is 121 cm³/mol. The first-order valence-electron chi connectivity index (χ1n) is 10.6. The lowest BCUT2D eigenvalue weighted by molar-refractivity contribution is -0.123. The number of sulfonamides is 1. The molecule has 0 radical (unpaired) electrons. The third-order valence-corrected chi connectivity index (χ3v) is 7.20. The highest BCUT2D eigenvalue weighted by atomic mass is 32.2. The SMILES string of the molecule is Cc1ccc(C(C)C)c(OCC(=O)NNC(=O)c2ccc(S(=O)(=O)N3CCCC3)cc2)c1. The van der Waals surface area contributed by atoms with Crippen LogP contribution < -0.4 is 15.6 Å². The summed E-state index contributed by atoms with van der Waals surface area (Å²) in [6.45, 7) is 6.80. The highest BCUT2D eigenvalue weighted by Gasteiger charge is 2.27. The number of carbonyl (C=O) groups excluding carboxylic acids is 2. The maximum absolute atomic E-state index is 12.6. The molecule has 3 rings (SSSR count). The molecular formula is C23H29N3O5S. The molecule has 9 heteroatoms. The van der Waals surface area contributed by atoms with Crippen molar-refractivity contribution in [2.75, 3.05) is 19.7 Å². The van der Waals surface area contributed by atoms with Crippen LogP contribution in [-0.4, -0.2) is 44.2 Å². The van der Waals surface area contributed by atoms with Gasteiger partial charge in [-0.05, 0) is 67.1 Å². The van der Waals surface area contributed by atoms with Gasteiger partial charge in [0.15, 0.2) is 6.61 Å². The molecule has 1 heterocycles. The molecule has 0 spiro atoms. The number of aryl methyl sites for hydroxylation is 1. The number of benzene rings is 2. The largest absolute Gasteiger partial charge is 0.483 e. The molecule has 1 saturated heterocycles. The van der Waals surface area contributed by atoms with E-state index in [1.54, 1.807) is 0 Å². The maximum Gasteiger partial charge on any atom is 0.276 e. The number of nitrogens with zero attached hydrogens (tertiary/aromatic N) is 1. The fourth-order valence-electron chi connectivity index (χ4n) is 3.48. The Morgan fingerprint density at radius 1 is 1.03 bits per heavy atom. The van der Waals surface area contributed by atoms with Crippen LogP contribution >= 0.6 is 0 Å². The van der Waals surface area contributed by atoms with Crippen molar-refractivity contribution in [3.05, 3.63) is 59.2 Å². The Hall–Kier alpha value is -2.91. The van der Waals surface area contributed by atoms with Crippen molar-refractivity contribution in [2.45, 2.75) is 44.4 Å². The number of carbonyl (C=O) groups is 2. The third kappa shape index (κ3) is 5.66. The van der Waals surface area contributed by atoms with Gasteiger partial charge in [0.25, 0.3) is 11.8 Å². The van der Waals surface area contributed by atoms with Gasteiger partial charge in [-0.25, -0.2) is 8.42 Å². The number of hydrogen-bond acceptors (Lipinski definition) is 5. The quantitative estimate of drug-likeness (QED) is 0.620. The second kappa shape index (κ2) is 10.1. The van der Waals surface area contributed by atoms with Gasteiger partial charge in [-0.2, -0.15) is 4.31 Å². The zero-order valence-electron chi connectivity index (χ0n) is 18.6. The van der Waals surface area contributed by atoms with Crippen LogP contribution in [0.5, 0.6) is 5.75 Å². The number of hydrogen-bond donors (Lipinski definition) is 2. The molecule has 0 bridgehead atoms. The zero-order chi connectivity index (χ0) is 23.3. The molecule has 0 atom stereocenters. The van der Waals surface area contributed by atoms with Crippen LogP contribution in [-0.2, 0) is 14.8 Å². The van der Waals surface area contributed by atoms with Crippen molar-refractivity contribution in [3.63, 3.8) is 0 Å². The topological polar surface area (TPSA) is 105 Å². The molecular weight excluding hydrogens is 430 g/mol. The summed E-state index contributed by atoms with van der Waals surface area (Å²) in [4.78, 5) is 24.6. The molecule has 0 unspecified atom stereocenters. The zero-order valence-corrected chi connectivity index (χ0v) is 19.4. The average molecular weight is 460 g/mol. The number of rotatable bonds is 7. The minimum atomic E-state index is -3.54. The van der Waals surface area contributed by atoms with E-state index in [0.717, 1.165) is 24.0 Å². The van der Waals surface area contributed by atoms with Gasteiger partial charge in [0.1, 0.15) is 5.75 Å². The fourth-order valence-corrected chi connectivity index (χ4v) is 4.99. The Bertz CT molecular complexity index is 1080. The van der Waals surface area contributed by atoms with Crippen molar-refractivity contribution < 1.29 is 22.7 Å². The summed E-state index contributed by atoms with van der Waals surface area (Å²) in [7, 11) is -3.54. The number of hydrazine groups is 1. The summed E-state index contributed by atoms with van der Waals surface area (Å²) in [5, 5.41) is 0. The Kier molecular flexibility index (Phi) is 7.52. The highest BCUT2D eigenvalue weighted by Crippen LogP contribution is 2.27. The van der Waals surface area contributed by atoms with Gasteiger partial charge < -0.3 is 4.74 Å². The van der Waals surface area contributed by atoms with Crippen LogP contribution in [0.25, 0.3) is 0 Å². The Morgan fingerprint density at radius 2 is 1.69 bits per heavy atom. The molecule has 2 aromatic rings. The molecule has 1 fully saturated rings. The molecule has 0 aromatic heterocycles. The van der Waals surface area contributed by atoms with Crippen LogP contribution in [0.2, 0.25) is 0 Å². The normalized spacial score (nSPS) is 14.4. The highest BCUT2D eigenvalue weighted by molar-refractivity contribution is 7.89. The van der Waals surface area contributed by atoms with E-state index in [1.165, 1.54) is 28.6 Å². The summed E-state index contributed by atoms with van der Waals surface area (Å²) < 4.78 is 32.2. The summed E-state index contributed by atoms with van der Waals surface area (Å²) in [6.07, 6.45) is 1.71. The smallest absolute Gasteiger partial charge is 0.276 e. The van der Waals surface area contributed by atoms with Crippen LogP contribution in [0.4, 0.5) is 0 Å². The van der Waals surface area contributed by atoms with E-state index in [4.69, 9.17) is 4.74 Å². The third-order valence-electron chi connectivity index (χ3n) is 5.28. The Morgan fingerprint density at radius 3 is 2.31 bits per heavy atom. The van der Waals surface area contributed by atoms with Gasteiger partial charge in [0.05, 0.1) is 4.90 Å². The molecule has 1 aliphatic heterocycles. The number of ether oxygens (including phenoxy) is 1. The van der Waals surface area contributed by atoms with Gasteiger partial charge in [-0.15, -0.1) is 0 Å². The Balaban J connectivity index is 1.53. The maximum atomic E-state index is 12.6. The number of nitrogens with one attached hydrogen (secondary N) is 2. The molecule has 2 amide bonds. The lowest BCUT2D eigenvalue weighted by atomic mass is 10.0. The first-order valence-corrected chi connectivity index (χ1v) is 12.0. The molecule has 0 aliphatic carbocycles. The van der Waals surface area contributed by atoms with Gasteiger partial charge in [-0.1, -0.05) is 26.0 Å². The monoisotopic (exact) mass is 459 g/mol. The van der Waals surface area contributed by atoms with Crippen molar-refractivity contribution in [1.82, 2.24) is 15.2 Å². The van der Waals surface area contributed by atoms with E-state index in [0.29, 0.717) is 18.8 Å². The first-order chi connectivity index (χ1) is 15.2. The molecule has 8 nitrogen and oxygen atoms in total. The van der Waals surface area contributed by atoms with Crippen molar-refractivity contribution in [1.29, 1.82) is 0 Å². The van der Waals surface area contributed by atoms with Crippen LogP contribution in [0.1, 0.15) is 54.1 Å². The van der Waals surface area contributed by atoms with E-state index in [-0.39, 0.29) is 23.0 Å². The predicted octanol–water partition coefficient (Wildman–Crippen LogP) is 2.74. The minimum Gasteiger partial charge on any atom is -0.483 e. The van der Waals surface area contributed by atoms with Crippen LogP contribution in [0.15, 0.2) is 47.4 Å². The van der Waals surface area contributed by atoms with E-state index >= 15 is 0 Å². The summed E-state index contributed by atoms with van der Waals surface area (Å²) >= 11 is 0. The van der Waals surface area contributed by atoms with E-state index in [1.807, 2.05) is 39.0 Å². The second-order valence-corrected chi connectivity index (χ2v) is 10.1. The van der Waals surface area contributed by atoms with Crippen LogP contribution in [0.3, 0.4) is 0 Å². The first kappa shape index (κ1) is 23.7. The van der Waals surface area contributed by atoms with Crippen molar-refractivity contribution >= 4 is 21.8 Å². The van der Waals surface area contributed by atoms with Crippen LogP contribution in [0, 0.1) is 6.92 Å². The molecule has 2 aromatic carbocycles. The molecule has 32 heavy (non-hydrogen) atoms. The van der Waals surface area contributed by atoms with E-state index in [9.17, 15) is 18.0 Å². The van der Waals surface area contributed by atoms with Crippen molar-refractivity contribution in [3.8, 4) is 5.75 Å². The summed E-state index contributed by atoms with van der Waals surface area (Å²) in [5.41, 5.74) is 6.88. The summed E-state index contributed by atoms with van der Waals surface area (Å²) in [5.74, 6) is -0.188. The lowest BCUT2D eigenvalue weighted by Gasteiger charge is -2.16. The van der Waals surface area contributed by atoms with Gasteiger partial charge in [0, 0.05) is 18.7 Å². The lowest BCUT2D eigenvalue weighted by Crippen LogP contribution is -2.43. The van der Waals surface area contributed by atoms with Crippen molar-refractivity contribution in [2.24, 2.45) is 0 Å². The van der Waals surface area contributed by atoms with Gasteiger partial charge in [0.2, 0.25) is 10.0 Å². The fraction of sp³-hybridized carbons (Fsp3) is 0.391. The average Bonchev–Trinajstić information content (AvgIpc) is 3.32. The van der Waals surface area contributed by atoms with E-state index in [2.05, 4.69) is 10.9 Å². The van der Waals surface area contributed by atoms with Gasteiger partial charge >= 0.3 is 0 Å². The second-order valence-electron chi connectivity index (χ2n) is 8.12.